The van der Waals surface area contributed by atoms with Crippen molar-refractivity contribution < 1.29 is 0 Å². The zero-order chi connectivity index (χ0) is 10.6. The molecule has 0 aromatic heterocycles. The van der Waals surface area contributed by atoms with Gasteiger partial charge in [0, 0.05) is 0 Å². The molecule has 0 aliphatic rings. The zero-order valence-electron chi connectivity index (χ0n) is 9.62. The lowest BCUT2D eigenvalue weighted by atomic mass is 10.2. The van der Waals surface area contributed by atoms with Crippen molar-refractivity contribution in [1.29, 1.82) is 0 Å². The Bertz CT molecular complexity index is 299. The largest absolute Gasteiger partial charge is 0.0986 e. The molecule has 0 aliphatic carbocycles. The molecule has 1 aromatic carbocycles. The van der Waals surface area contributed by atoms with Crippen molar-refractivity contribution in [3.8, 4) is 0 Å². The van der Waals surface area contributed by atoms with E-state index < -0.39 is 17.6 Å². The van der Waals surface area contributed by atoms with E-state index in [1.807, 2.05) is 0 Å². The van der Waals surface area contributed by atoms with Gasteiger partial charge in [0.25, 0.3) is 0 Å². The molecule has 0 atom stereocenters. The molecule has 0 heterocycles. The molecule has 0 amide bonds. The summed E-state index contributed by atoms with van der Waals surface area (Å²) < 4.78 is 0. The van der Waals surface area contributed by atoms with Gasteiger partial charge in [0.05, 0.1) is 17.6 Å². The van der Waals surface area contributed by atoms with E-state index in [-0.39, 0.29) is 0 Å². The third-order valence-corrected chi connectivity index (χ3v) is 5.42. The Morgan fingerprint density at radius 3 is 2.00 bits per heavy atom. The van der Waals surface area contributed by atoms with Gasteiger partial charge in [-0.25, -0.2) is 0 Å². The summed E-state index contributed by atoms with van der Waals surface area (Å²) in [6.45, 7) is 9.60. The maximum Gasteiger partial charge on any atom is 0.0645 e. The smallest absolute Gasteiger partial charge is 0.0645 e. The second-order valence-corrected chi connectivity index (χ2v) is 10.1. The predicted octanol–water partition coefficient (Wildman–Crippen LogP) is 3.12. The van der Waals surface area contributed by atoms with Crippen LogP contribution in [-0.2, 0) is 0 Å². The molecule has 0 saturated heterocycles. The van der Waals surface area contributed by atoms with Gasteiger partial charge in [-0.2, -0.15) is 0 Å². The molecule has 1 aromatic rings. The highest BCUT2D eigenvalue weighted by molar-refractivity contribution is 6.80. The minimum atomic E-state index is -0.672. The van der Waals surface area contributed by atoms with Crippen LogP contribution in [-0.4, -0.2) is 17.6 Å². The monoisotopic (exact) mass is 220 g/mol. The number of hydrogen-bond donors (Lipinski definition) is 0. The SMILES string of the molecule is C[SiH](C)C=C(c1ccccc1)[SiH](C)C. The van der Waals surface area contributed by atoms with E-state index >= 15 is 0 Å². The fraction of sp³-hybridized carbons (Fsp3) is 0.333. The predicted molar refractivity (Wildman–Crippen MR) is 72.2 cm³/mol. The zero-order valence-corrected chi connectivity index (χ0v) is 11.9. The molecule has 0 nitrogen and oxygen atoms in total. The maximum absolute atomic E-state index is 2.56. The Morgan fingerprint density at radius 1 is 1.00 bits per heavy atom. The van der Waals surface area contributed by atoms with E-state index in [1.54, 1.807) is 5.20 Å². The van der Waals surface area contributed by atoms with E-state index in [0.717, 1.165) is 0 Å². The average molecular weight is 220 g/mol. The van der Waals surface area contributed by atoms with E-state index in [9.17, 15) is 0 Å². The maximum atomic E-state index is 2.56. The Balaban J connectivity index is 3.01. The first kappa shape index (κ1) is 11.5. The summed E-state index contributed by atoms with van der Waals surface area (Å²) in [4.78, 5) is 0. The normalized spacial score (nSPS) is 12.6. The van der Waals surface area contributed by atoms with Crippen LogP contribution in [0.4, 0.5) is 0 Å². The van der Waals surface area contributed by atoms with Gasteiger partial charge >= 0.3 is 0 Å². The van der Waals surface area contributed by atoms with Crippen LogP contribution in [0.2, 0.25) is 26.2 Å². The lowest BCUT2D eigenvalue weighted by Crippen LogP contribution is -2.08. The number of hydrogen-bond acceptors (Lipinski definition) is 0. The Labute approximate surface area is 90.9 Å². The van der Waals surface area contributed by atoms with Gasteiger partial charge in [-0.05, 0) is 5.56 Å². The van der Waals surface area contributed by atoms with Gasteiger partial charge in [-0.1, -0.05) is 67.4 Å². The second kappa shape index (κ2) is 5.32. The van der Waals surface area contributed by atoms with E-state index in [1.165, 1.54) is 5.56 Å². The molecule has 0 saturated carbocycles. The summed E-state index contributed by atoms with van der Waals surface area (Å²) in [6.07, 6.45) is 0. The lowest BCUT2D eigenvalue weighted by molar-refractivity contribution is 1.64. The second-order valence-electron chi connectivity index (χ2n) is 4.39. The number of rotatable bonds is 3. The highest BCUT2D eigenvalue weighted by Gasteiger charge is 2.07. The number of benzene rings is 1. The van der Waals surface area contributed by atoms with Crippen molar-refractivity contribution in [2.75, 3.05) is 0 Å². The third-order valence-electron chi connectivity index (χ3n) is 2.24. The highest BCUT2D eigenvalue weighted by atomic mass is 28.3. The van der Waals surface area contributed by atoms with Crippen LogP contribution in [0.1, 0.15) is 5.56 Å². The van der Waals surface area contributed by atoms with Crippen molar-refractivity contribution >= 4 is 22.8 Å². The Hall–Kier alpha value is -0.606. The molecular formula is C12H20Si2. The molecule has 0 radical (unpaired) electrons. The molecule has 2 heteroatoms. The Kier molecular flexibility index (Phi) is 4.36. The quantitative estimate of drug-likeness (QED) is 0.687. The lowest BCUT2D eigenvalue weighted by Gasteiger charge is -2.12. The van der Waals surface area contributed by atoms with Crippen LogP contribution < -0.4 is 0 Å². The third kappa shape index (κ3) is 3.27. The molecular weight excluding hydrogens is 200 g/mol. The van der Waals surface area contributed by atoms with E-state index in [4.69, 9.17) is 0 Å². The average Bonchev–Trinajstić information content (AvgIpc) is 2.15. The molecule has 1 rings (SSSR count). The van der Waals surface area contributed by atoms with Crippen LogP contribution in [0.3, 0.4) is 0 Å². The molecule has 14 heavy (non-hydrogen) atoms. The standard InChI is InChI=1S/C12H20Si2/c1-13(2)10-12(14(3)4)11-8-6-5-7-9-11/h5-10,13-14H,1-4H3. The molecule has 0 spiro atoms. The van der Waals surface area contributed by atoms with Crippen molar-refractivity contribution in [2.45, 2.75) is 26.2 Å². The van der Waals surface area contributed by atoms with E-state index in [0.29, 0.717) is 0 Å². The summed E-state index contributed by atoms with van der Waals surface area (Å²) in [5.41, 5.74) is 4.02. The van der Waals surface area contributed by atoms with Crippen molar-refractivity contribution in [3.05, 3.63) is 41.6 Å². The molecule has 0 fully saturated rings. The first-order valence-corrected chi connectivity index (χ1v) is 11.2. The summed E-state index contributed by atoms with van der Waals surface area (Å²) in [5, 5.41) is 1.66. The first-order chi connectivity index (χ1) is 6.61. The summed E-state index contributed by atoms with van der Waals surface area (Å²) in [6, 6.07) is 10.9. The van der Waals surface area contributed by atoms with Gasteiger partial charge < -0.3 is 0 Å². The minimum absolute atomic E-state index is 0.582. The van der Waals surface area contributed by atoms with Gasteiger partial charge in [0.1, 0.15) is 0 Å². The van der Waals surface area contributed by atoms with Gasteiger partial charge in [0.2, 0.25) is 0 Å². The van der Waals surface area contributed by atoms with Crippen LogP contribution in [0.25, 0.3) is 5.20 Å². The molecule has 0 unspecified atom stereocenters. The van der Waals surface area contributed by atoms with Crippen LogP contribution >= 0.6 is 0 Å². The summed E-state index contributed by atoms with van der Waals surface area (Å²) in [5.74, 6) is 0. The van der Waals surface area contributed by atoms with Crippen molar-refractivity contribution in [1.82, 2.24) is 0 Å². The molecule has 0 aliphatic heterocycles. The van der Waals surface area contributed by atoms with Crippen molar-refractivity contribution in [2.24, 2.45) is 0 Å². The summed E-state index contributed by atoms with van der Waals surface area (Å²) >= 11 is 0. The summed E-state index contributed by atoms with van der Waals surface area (Å²) in [7, 11) is -1.25. The fourth-order valence-electron chi connectivity index (χ4n) is 1.61. The van der Waals surface area contributed by atoms with Gasteiger partial charge in [-0.15, -0.1) is 0 Å². The van der Waals surface area contributed by atoms with Crippen LogP contribution in [0.15, 0.2) is 36.0 Å². The topological polar surface area (TPSA) is 0 Å². The molecule has 0 bridgehead atoms. The van der Waals surface area contributed by atoms with Gasteiger partial charge in [-0.3, -0.25) is 0 Å². The van der Waals surface area contributed by atoms with Crippen LogP contribution in [0.5, 0.6) is 0 Å². The van der Waals surface area contributed by atoms with Crippen molar-refractivity contribution in [3.63, 3.8) is 0 Å². The van der Waals surface area contributed by atoms with Gasteiger partial charge in [0.15, 0.2) is 0 Å². The Morgan fingerprint density at radius 2 is 1.57 bits per heavy atom. The molecule has 0 N–H and O–H groups in total. The highest BCUT2D eigenvalue weighted by Crippen LogP contribution is 2.17. The first-order valence-electron chi connectivity index (χ1n) is 5.38. The van der Waals surface area contributed by atoms with Crippen LogP contribution in [0, 0.1) is 0 Å². The van der Waals surface area contributed by atoms with E-state index in [2.05, 4.69) is 62.2 Å². The minimum Gasteiger partial charge on any atom is -0.0986 e. The molecule has 76 valence electrons. The fourth-order valence-corrected chi connectivity index (χ4v) is 6.08.